The molecular formula is C19H25N5O. The Morgan fingerprint density at radius 3 is 2.80 bits per heavy atom. The molecule has 2 saturated heterocycles. The fourth-order valence-corrected chi connectivity index (χ4v) is 4.11. The molecule has 0 saturated carbocycles. The zero-order valence-corrected chi connectivity index (χ0v) is 14.5. The molecule has 6 heteroatoms. The lowest BCUT2D eigenvalue weighted by atomic mass is 9.91. The van der Waals surface area contributed by atoms with E-state index in [9.17, 15) is 4.79 Å². The van der Waals surface area contributed by atoms with E-state index < -0.39 is 0 Å². The first kappa shape index (κ1) is 16.1. The molecule has 4 heterocycles. The molecule has 132 valence electrons. The first-order valence-corrected chi connectivity index (χ1v) is 9.25. The van der Waals surface area contributed by atoms with Gasteiger partial charge in [0.2, 0.25) is 5.91 Å². The molecule has 2 aliphatic heterocycles. The van der Waals surface area contributed by atoms with Crippen LogP contribution < -0.4 is 4.90 Å². The largest absolute Gasteiger partial charge is 0.356 e. The lowest BCUT2D eigenvalue weighted by Crippen LogP contribution is -2.47. The predicted octanol–water partition coefficient (Wildman–Crippen LogP) is 2.43. The lowest BCUT2D eigenvalue weighted by Gasteiger charge is -2.38. The fourth-order valence-electron chi connectivity index (χ4n) is 4.11. The van der Waals surface area contributed by atoms with Crippen molar-refractivity contribution in [1.82, 2.24) is 20.1 Å². The van der Waals surface area contributed by atoms with Crippen LogP contribution in [0.1, 0.15) is 37.3 Å². The van der Waals surface area contributed by atoms with Gasteiger partial charge < -0.3 is 9.80 Å². The van der Waals surface area contributed by atoms with E-state index in [-0.39, 0.29) is 5.92 Å². The normalized spacial score (nSPS) is 24.3. The fraction of sp³-hybridized carbons (Fsp3) is 0.526. The summed E-state index contributed by atoms with van der Waals surface area (Å²) in [5.74, 6) is 1.76. The SMILES string of the molecule is O=C([C@@H]1CCCN(c2ccccn2)C1)N1CCC[C@H](c2ccn[nH]2)C1. The number of carbonyl (C=O) groups is 1. The summed E-state index contributed by atoms with van der Waals surface area (Å²) >= 11 is 0. The van der Waals surface area contributed by atoms with Gasteiger partial charge in [0.15, 0.2) is 0 Å². The van der Waals surface area contributed by atoms with E-state index in [1.165, 1.54) is 0 Å². The predicted molar refractivity (Wildman–Crippen MR) is 96.3 cm³/mol. The second-order valence-electron chi connectivity index (χ2n) is 7.11. The Bertz CT molecular complexity index is 687. The molecule has 25 heavy (non-hydrogen) atoms. The van der Waals surface area contributed by atoms with E-state index in [0.717, 1.165) is 63.4 Å². The summed E-state index contributed by atoms with van der Waals surface area (Å²) in [6, 6.07) is 8.00. The number of amides is 1. The maximum Gasteiger partial charge on any atom is 0.227 e. The molecule has 2 fully saturated rings. The molecule has 2 aromatic heterocycles. The van der Waals surface area contributed by atoms with Gasteiger partial charge in [-0.15, -0.1) is 0 Å². The van der Waals surface area contributed by atoms with Crippen LogP contribution in [0.4, 0.5) is 5.82 Å². The number of hydrogen-bond acceptors (Lipinski definition) is 4. The van der Waals surface area contributed by atoms with E-state index in [4.69, 9.17) is 0 Å². The summed E-state index contributed by atoms with van der Waals surface area (Å²) in [5.41, 5.74) is 1.15. The Morgan fingerprint density at radius 1 is 1.08 bits per heavy atom. The highest BCUT2D eigenvalue weighted by Gasteiger charge is 2.32. The maximum atomic E-state index is 13.1. The van der Waals surface area contributed by atoms with Gasteiger partial charge in [0.25, 0.3) is 0 Å². The number of aromatic amines is 1. The minimum Gasteiger partial charge on any atom is -0.356 e. The van der Waals surface area contributed by atoms with Crippen LogP contribution in [0.25, 0.3) is 0 Å². The van der Waals surface area contributed by atoms with Gasteiger partial charge in [-0.2, -0.15) is 5.10 Å². The van der Waals surface area contributed by atoms with Gasteiger partial charge in [-0.25, -0.2) is 4.98 Å². The number of nitrogens with one attached hydrogen (secondary N) is 1. The summed E-state index contributed by atoms with van der Waals surface area (Å²) in [6.07, 6.45) is 7.82. The Hall–Kier alpha value is -2.37. The molecule has 0 spiro atoms. The Kier molecular flexibility index (Phi) is 4.68. The summed E-state index contributed by atoms with van der Waals surface area (Å²) in [7, 11) is 0. The number of rotatable bonds is 3. The molecule has 0 radical (unpaired) electrons. The molecule has 2 aliphatic rings. The average molecular weight is 339 g/mol. The molecule has 0 unspecified atom stereocenters. The van der Waals surface area contributed by atoms with Gasteiger partial charge in [0, 0.05) is 50.2 Å². The highest BCUT2D eigenvalue weighted by atomic mass is 16.2. The number of H-pyrrole nitrogens is 1. The highest BCUT2D eigenvalue weighted by Crippen LogP contribution is 2.28. The molecule has 1 N–H and O–H groups in total. The first-order valence-electron chi connectivity index (χ1n) is 9.25. The van der Waals surface area contributed by atoms with E-state index in [1.54, 1.807) is 6.20 Å². The van der Waals surface area contributed by atoms with Gasteiger partial charge in [-0.1, -0.05) is 6.07 Å². The number of hydrogen-bond donors (Lipinski definition) is 1. The maximum absolute atomic E-state index is 13.1. The Labute approximate surface area is 148 Å². The van der Waals surface area contributed by atoms with Gasteiger partial charge in [0.05, 0.1) is 5.92 Å². The van der Waals surface area contributed by atoms with Crippen LogP contribution in [0.15, 0.2) is 36.7 Å². The number of pyridine rings is 1. The molecule has 0 aromatic carbocycles. The van der Waals surface area contributed by atoms with Gasteiger partial charge in [-0.05, 0) is 43.9 Å². The molecule has 0 bridgehead atoms. The van der Waals surface area contributed by atoms with Crippen molar-refractivity contribution in [3.05, 3.63) is 42.4 Å². The monoisotopic (exact) mass is 339 g/mol. The van der Waals surface area contributed by atoms with Crippen LogP contribution in [0.2, 0.25) is 0 Å². The molecule has 1 amide bonds. The summed E-state index contributed by atoms with van der Waals surface area (Å²) in [5, 5.41) is 7.13. The van der Waals surface area contributed by atoms with Crippen LogP contribution in [0, 0.1) is 5.92 Å². The number of carbonyl (C=O) groups excluding carboxylic acids is 1. The molecule has 4 rings (SSSR count). The Balaban J connectivity index is 1.41. The molecular weight excluding hydrogens is 314 g/mol. The third-order valence-electron chi connectivity index (χ3n) is 5.44. The number of anilines is 1. The van der Waals surface area contributed by atoms with Crippen LogP contribution in [0.5, 0.6) is 0 Å². The molecule has 6 nitrogen and oxygen atoms in total. The van der Waals surface area contributed by atoms with E-state index in [1.807, 2.05) is 30.5 Å². The van der Waals surface area contributed by atoms with E-state index in [0.29, 0.717) is 11.8 Å². The third kappa shape index (κ3) is 3.52. The number of likely N-dealkylation sites (tertiary alicyclic amines) is 1. The smallest absolute Gasteiger partial charge is 0.227 e. The lowest BCUT2D eigenvalue weighted by molar-refractivity contribution is -0.137. The minimum atomic E-state index is 0.0799. The third-order valence-corrected chi connectivity index (χ3v) is 5.44. The van der Waals surface area contributed by atoms with Crippen molar-refractivity contribution >= 4 is 11.7 Å². The van der Waals surface area contributed by atoms with Crippen molar-refractivity contribution < 1.29 is 4.79 Å². The molecule has 2 atom stereocenters. The van der Waals surface area contributed by atoms with Crippen molar-refractivity contribution in [3.8, 4) is 0 Å². The van der Waals surface area contributed by atoms with Gasteiger partial charge >= 0.3 is 0 Å². The van der Waals surface area contributed by atoms with Crippen molar-refractivity contribution in [2.24, 2.45) is 5.92 Å². The van der Waals surface area contributed by atoms with Crippen molar-refractivity contribution in [2.75, 3.05) is 31.1 Å². The van der Waals surface area contributed by atoms with Crippen molar-refractivity contribution in [2.45, 2.75) is 31.6 Å². The van der Waals surface area contributed by atoms with Crippen molar-refractivity contribution in [1.29, 1.82) is 0 Å². The standard InChI is InChI=1S/C19H25N5O/c25-19(24-12-3-5-15(13-24)17-8-10-21-22-17)16-6-4-11-23(14-16)18-7-1-2-9-20-18/h1-2,7-10,15-16H,3-6,11-14H2,(H,21,22)/t15-,16+/m0/s1. The highest BCUT2D eigenvalue weighted by molar-refractivity contribution is 5.80. The van der Waals surface area contributed by atoms with Crippen LogP contribution in [-0.4, -0.2) is 52.2 Å². The second-order valence-corrected chi connectivity index (χ2v) is 7.11. The van der Waals surface area contributed by atoms with Gasteiger partial charge in [0.1, 0.15) is 5.82 Å². The zero-order chi connectivity index (χ0) is 17.1. The van der Waals surface area contributed by atoms with Crippen LogP contribution in [-0.2, 0) is 4.79 Å². The number of nitrogens with zero attached hydrogens (tertiary/aromatic N) is 4. The Morgan fingerprint density at radius 2 is 2.00 bits per heavy atom. The average Bonchev–Trinajstić information content (AvgIpc) is 3.23. The van der Waals surface area contributed by atoms with E-state index in [2.05, 4.69) is 25.0 Å². The number of aromatic nitrogens is 3. The summed E-state index contributed by atoms with van der Waals surface area (Å²) in [4.78, 5) is 21.9. The molecule has 2 aromatic rings. The summed E-state index contributed by atoms with van der Waals surface area (Å²) < 4.78 is 0. The minimum absolute atomic E-state index is 0.0799. The van der Waals surface area contributed by atoms with Crippen molar-refractivity contribution in [3.63, 3.8) is 0 Å². The van der Waals surface area contributed by atoms with E-state index >= 15 is 0 Å². The topological polar surface area (TPSA) is 65.1 Å². The van der Waals surface area contributed by atoms with Crippen LogP contribution >= 0.6 is 0 Å². The quantitative estimate of drug-likeness (QED) is 0.933. The molecule has 0 aliphatic carbocycles. The van der Waals surface area contributed by atoms with Gasteiger partial charge in [-0.3, -0.25) is 9.89 Å². The number of piperidine rings is 2. The zero-order valence-electron chi connectivity index (χ0n) is 14.5. The second kappa shape index (κ2) is 7.25. The summed E-state index contributed by atoms with van der Waals surface area (Å²) in [6.45, 7) is 3.45. The van der Waals surface area contributed by atoms with Crippen LogP contribution in [0.3, 0.4) is 0 Å². The first-order chi connectivity index (χ1) is 12.3.